The number of hydrogen-bond donors (Lipinski definition) is 1. The fourth-order valence-corrected chi connectivity index (χ4v) is 1.98. The minimum atomic E-state index is -0.622. The van der Waals surface area contributed by atoms with Crippen LogP contribution in [0.2, 0.25) is 0 Å². The maximum atomic E-state index is 14.0. The van der Waals surface area contributed by atoms with Gasteiger partial charge in [0.05, 0.1) is 5.69 Å². The Morgan fingerprint density at radius 3 is 2.40 bits per heavy atom. The predicted octanol–water partition coefficient (Wildman–Crippen LogP) is 3.90. The highest BCUT2D eigenvalue weighted by Gasteiger charge is 2.16. The average molecular weight is 277 g/mol. The van der Waals surface area contributed by atoms with Crippen LogP contribution in [0.15, 0.2) is 18.2 Å². The maximum Gasteiger partial charge on any atom is 0.135 e. The molecule has 2 rings (SSSR count). The first-order valence-corrected chi connectivity index (χ1v) is 6.45. The first-order valence-electron chi connectivity index (χ1n) is 6.45. The van der Waals surface area contributed by atoms with E-state index < -0.39 is 11.6 Å². The smallest absolute Gasteiger partial charge is 0.135 e. The second-order valence-corrected chi connectivity index (χ2v) is 4.93. The molecule has 0 unspecified atom stereocenters. The van der Waals surface area contributed by atoms with Gasteiger partial charge in [-0.2, -0.15) is 0 Å². The van der Waals surface area contributed by atoms with Crippen LogP contribution in [0.5, 0.6) is 0 Å². The summed E-state index contributed by atoms with van der Waals surface area (Å²) in [6, 6.07) is 3.50. The van der Waals surface area contributed by atoms with Gasteiger partial charge in [0.1, 0.15) is 23.3 Å². The van der Waals surface area contributed by atoms with Gasteiger partial charge in [0.2, 0.25) is 0 Å². The van der Waals surface area contributed by atoms with Gasteiger partial charge in [0.25, 0.3) is 0 Å². The summed E-state index contributed by atoms with van der Waals surface area (Å²) in [5.74, 6) is 0.172. The molecule has 0 radical (unpaired) electrons. The number of hydrogen-bond acceptors (Lipinski definition) is 3. The van der Waals surface area contributed by atoms with Gasteiger partial charge in [-0.25, -0.2) is 18.7 Å². The van der Waals surface area contributed by atoms with E-state index in [1.165, 1.54) is 12.1 Å². The largest absolute Gasteiger partial charge is 0.373 e. The third kappa shape index (κ3) is 2.61. The maximum absolute atomic E-state index is 14.0. The Bertz CT molecular complexity index is 639. The number of rotatable bonds is 3. The SMILES string of the molecule is CNc1nc(C(C)C)nc(-c2ccc(F)cc2F)c1C. The van der Waals surface area contributed by atoms with E-state index >= 15 is 0 Å². The van der Waals surface area contributed by atoms with E-state index in [-0.39, 0.29) is 11.5 Å². The second-order valence-electron chi connectivity index (χ2n) is 4.93. The van der Waals surface area contributed by atoms with Crippen molar-refractivity contribution in [2.75, 3.05) is 12.4 Å². The van der Waals surface area contributed by atoms with Gasteiger partial charge in [-0.3, -0.25) is 0 Å². The molecule has 1 heterocycles. The zero-order valence-electron chi connectivity index (χ0n) is 12.0. The highest BCUT2D eigenvalue weighted by molar-refractivity contribution is 5.68. The Balaban J connectivity index is 2.68. The minimum Gasteiger partial charge on any atom is -0.373 e. The number of nitrogens with one attached hydrogen (secondary N) is 1. The van der Waals surface area contributed by atoms with Gasteiger partial charge in [0, 0.05) is 30.2 Å². The lowest BCUT2D eigenvalue weighted by Gasteiger charge is -2.14. The first kappa shape index (κ1) is 14.4. The fraction of sp³-hybridized carbons (Fsp3) is 0.333. The number of aromatic nitrogens is 2. The molecule has 0 bridgehead atoms. The second kappa shape index (κ2) is 5.53. The zero-order chi connectivity index (χ0) is 14.9. The predicted molar refractivity (Wildman–Crippen MR) is 75.8 cm³/mol. The molecule has 0 saturated heterocycles. The molecule has 0 aliphatic carbocycles. The van der Waals surface area contributed by atoms with Gasteiger partial charge in [0.15, 0.2) is 0 Å². The topological polar surface area (TPSA) is 37.8 Å². The molecule has 0 atom stereocenters. The van der Waals surface area contributed by atoms with Crippen molar-refractivity contribution in [2.24, 2.45) is 0 Å². The summed E-state index contributed by atoms with van der Waals surface area (Å²) in [6.45, 7) is 5.75. The highest BCUT2D eigenvalue weighted by Crippen LogP contribution is 2.29. The van der Waals surface area contributed by atoms with Crippen LogP contribution in [-0.4, -0.2) is 17.0 Å². The zero-order valence-corrected chi connectivity index (χ0v) is 12.0. The third-order valence-electron chi connectivity index (χ3n) is 3.10. The molecular formula is C15H17F2N3. The molecule has 0 aliphatic heterocycles. The summed E-state index contributed by atoms with van der Waals surface area (Å²) >= 11 is 0. The Morgan fingerprint density at radius 2 is 1.85 bits per heavy atom. The summed E-state index contributed by atoms with van der Waals surface area (Å²) in [7, 11) is 1.75. The summed E-state index contributed by atoms with van der Waals surface area (Å²) in [5, 5.41) is 2.98. The Morgan fingerprint density at radius 1 is 1.15 bits per heavy atom. The standard InChI is InChI=1S/C15H17F2N3/c1-8(2)14-19-13(9(3)15(18-4)20-14)11-6-5-10(16)7-12(11)17/h5-8H,1-4H3,(H,18,19,20). The Labute approximate surface area is 117 Å². The van der Waals surface area contributed by atoms with Gasteiger partial charge >= 0.3 is 0 Å². The van der Waals surface area contributed by atoms with E-state index in [0.29, 0.717) is 17.3 Å². The lowest BCUT2D eigenvalue weighted by Crippen LogP contribution is -2.07. The van der Waals surface area contributed by atoms with E-state index in [0.717, 1.165) is 11.6 Å². The number of halogens is 2. The summed E-state index contributed by atoms with van der Waals surface area (Å²) < 4.78 is 27.0. The molecule has 0 fully saturated rings. The van der Waals surface area contributed by atoms with Crippen molar-refractivity contribution in [2.45, 2.75) is 26.7 Å². The molecule has 3 nitrogen and oxygen atoms in total. The van der Waals surface area contributed by atoms with Crippen molar-refractivity contribution in [3.8, 4) is 11.3 Å². The molecular weight excluding hydrogens is 260 g/mol. The van der Waals surface area contributed by atoms with E-state index in [1.807, 2.05) is 20.8 Å². The molecule has 106 valence electrons. The third-order valence-corrected chi connectivity index (χ3v) is 3.10. The van der Waals surface area contributed by atoms with Gasteiger partial charge in [-0.15, -0.1) is 0 Å². The summed E-state index contributed by atoms with van der Waals surface area (Å²) in [6.07, 6.45) is 0. The quantitative estimate of drug-likeness (QED) is 0.924. The van der Waals surface area contributed by atoms with Crippen LogP contribution in [0, 0.1) is 18.6 Å². The Hall–Kier alpha value is -2.04. The monoisotopic (exact) mass is 277 g/mol. The van der Waals surface area contributed by atoms with E-state index in [2.05, 4.69) is 15.3 Å². The number of anilines is 1. The van der Waals surface area contributed by atoms with E-state index in [9.17, 15) is 8.78 Å². The molecule has 0 aliphatic rings. The summed E-state index contributed by atoms with van der Waals surface area (Å²) in [5.41, 5.74) is 1.51. The molecule has 1 aromatic heterocycles. The van der Waals surface area contributed by atoms with E-state index in [4.69, 9.17) is 0 Å². The van der Waals surface area contributed by atoms with Gasteiger partial charge in [-0.05, 0) is 19.1 Å². The molecule has 5 heteroatoms. The Kier molecular flexibility index (Phi) is 3.97. The van der Waals surface area contributed by atoms with Crippen molar-refractivity contribution < 1.29 is 8.78 Å². The normalized spacial score (nSPS) is 10.9. The lowest BCUT2D eigenvalue weighted by atomic mass is 10.1. The molecule has 0 amide bonds. The molecule has 0 spiro atoms. The van der Waals surface area contributed by atoms with Crippen LogP contribution in [0.3, 0.4) is 0 Å². The molecule has 1 aromatic carbocycles. The van der Waals surface area contributed by atoms with Crippen LogP contribution in [-0.2, 0) is 0 Å². The summed E-state index contributed by atoms with van der Waals surface area (Å²) in [4.78, 5) is 8.83. The van der Waals surface area contributed by atoms with Crippen molar-refractivity contribution in [1.82, 2.24) is 9.97 Å². The lowest BCUT2D eigenvalue weighted by molar-refractivity contribution is 0.585. The van der Waals surface area contributed by atoms with Crippen LogP contribution < -0.4 is 5.32 Å². The van der Waals surface area contributed by atoms with Gasteiger partial charge in [-0.1, -0.05) is 13.8 Å². The molecule has 2 aromatic rings. The van der Waals surface area contributed by atoms with Crippen LogP contribution in [0.1, 0.15) is 31.2 Å². The number of nitrogens with zero attached hydrogens (tertiary/aromatic N) is 2. The molecule has 1 N–H and O–H groups in total. The molecule has 0 saturated carbocycles. The van der Waals surface area contributed by atoms with Crippen LogP contribution in [0.4, 0.5) is 14.6 Å². The van der Waals surface area contributed by atoms with Crippen molar-refractivity contribution >= 4 is 5.82 Å². The van der Waals surface area contributed by atoms with Crippen LogP contribution in [0.25, 0.3) is 11.3 Å². The van der Waals surface area contributed by atoms with Crippen molar-refractivity contribution in [3.63, 3.8) is 0 Å². The number of benzene rings is 1. The highest BCUT2D eigenvalue weighted by atomic mass is 19.1. The van der Waals surface area contributed by atoms with E-state index in [1.54, 1.807) is 7.05 Å². The average Bonchev–Trinajstić information content (AvgIpc) is 2.39. The van der Waals surface area contributed by atoms with Crippen molar-refractivity contribution in [3.05, 3.63) is 41.2 Å². The van der Waals surface area contributed by atoms with Crippen molar-refractivity contribution in [1.29, 1.82) is 0 Å². The van der Waals surface area contributed by atoms with Gasteiger partial charge < -0.3 is 5.32 Å². The first-order chi connectivity index (χ1) is 9.43. The van der Waals surface area contributed by atoms with Crippen LogP contribution >= 0.6 is 0 Å². The fourth-order valence-electron chi connectivity index (χ4n) is 1.98. The molecule has 20 heavy (non-hydrogen) atoms. The minimum absolute atomic E-state index is 0.116.